The summed E-state index contributed by atoms with van der Waals surface area (Å²) in [5, 5.41) is 18.5. The zero-order chi connectivity index (χ0) is 17.9. The molecule has 7 heteroatoms. The molecule has 0 saturated heterocycles. The van der Waals surface area contributed by atoms with Gasteiger partial charge in [-0.05, 0) is 23.3 Å². The maximum Gasteiger partial charge on any atom is 0.416 e. The van der Waals surface area contributed by atoms with Crippen molar-refractivity contribution in [2.75, 3.05) is 0 Å². The Balaban J connectivity index is 2.54. The molecule has 0 saturated carbocycles. The Kier molecular flexibility index (Phi) is 4.92. The van der Waals surface area contributed by atoms with Crippen LogP contribution in [0.25, 0.3) is 0 Å². The van der Waals surface area contributed by atoms with Gasteiger partial charge in [-0.25, -0.2) is 0 Å². The van der Waals surface area contributed by atoms with Crippen LogP contribution in [0.1, 0.15) is 22.6 Å². The third-order valence-corrected chi connectivity index (χ3v) is 3.62. The first-order valence-corrected chi connectivity index (χ1v) is 6.89. The van der Waals surface area contributed by atoms with Crippen molar-refractivity contribution in [1.29, 1.82) is 0 Å². The number of carbonyl (C=O) groups is 2. The maximum absolute atomic E-state index is 12.7. The van der Waals surface area contributed by atoms with Crippen LogP contribution >= 0.6 is 0 Å². The lowest BCUT2D eigenvalue weighted by atomic mass is 9.80. The van der Waals surface area contributed by atoms with Gasteiger partial charge in [-0.3, -0.25) is 9.59 Å². The van der Waals surface area contributed by atoms with Crippen molar-refractivity contribution in [3.05, 3.63) is 71.3 Å². The van der Waals surface area contributed by atoms with E-state index >= 15 is 0 Å². The summed E-state index contributed by atoms with van der Waals surface area (Å²) >= 11 is 0. The summed E-state index contributed by atoms with van der Waals surface area (Å²) in [7, 11) is 0. The van der Waals surface area contributed by atoms with Gasteiger partial charge in [-0.1, -0.05) is 42.5 Å². The van der Waals surface area contributed by atoms with E-state index in [0.29, 0.717) is 5.56 Å². The molecule has 0 heterocycles. The quantitative estimate of drug-likeness (QED) is 0.817. The first-order chi connectivity index (χ1) is 11.2. The van der Waals surface area contributed by atoms with Crippen LogP contribution in [0.5, 0.6) is 0 Å². The highest BCUT2D eigenvalue weighted by atomic mass is 19.4. The third kappa shape index (κ3) is 3.73. The lowest BCUT2D eigenvalue weighted by Crippen LogP contribution is -2.30. The summed E-state index contributed by atoms with van der Waals surface area (Å²) in [6, 6.07) is 11.8. The highest BCUT2D eigenvalue weighted by Crippen LogP contribution is 2.35. The predicted molar refractivity (Wildman–Crippen MR) is 78.5 cm³/mol. The van der Waals surface area contributed by atoms with Gasteiger partial charge in [0.2, 0.25) is 0 Å². The SMILES string of the molecule is O=C(O)C(C(=O)O)[C@H](c1ccccc1)c1ccc(C(F)(F)F)cc1. The molecule has 1 atom stereocenters. The molecule has 0 aliphatic rings. The van der Waals surface area contributed by atoms with Crippen molar-refractivity contribution in [2.45, 2.75) is 12.1 Å². The molecule has 0 aliphatic carbocycles. The highest BCUT2D eigenvalue weighted by Gasteiger charge is 2.37. The number of benzene rings is 2. The Morgan fingerprint density at radius 1 is 0.792 bits per heavy atom. The van der Waals surface area contributed by atoms with Gasteiger partial charge in [0, 0.05) is 5.92 Å². The Morgan fingerprint density at radius 3 is 1.67 bits per heavy atom. The van der Waals surface area contributed by atoms with Gasteiger partial charge in [0.05, 0.1) is 5.56 Å². The van der Waals surface area contributed by atoms with Crippen molar-refractivity contribution < 1.29 is 33.0 Å². The first kappa shape index (κ1) is 17.5. The smallest absolute Gasteiger partial charge is 0.416 e. The molecule has 0 unspecified atom stereocenters. The first-order valence-electron chi connectivity index (χ1n) is 6.89. The molecular weight excluding hydrogens is 325 g/mol. The monoisotopic (exact) mass is 338 g/mol. The molecule has 126 valence electrons. The van der Waals surface area contributed by atoms with Crippen LogP contribution in [0.15, 0.2) is 54.6 Å². The second kappa shape index (κ2) is 6.74. The fourth-order valence-corrected chi connectivity index (χ4v) is 2.51. The lowest BCUT2D eigenvalue weighted by Gasteiger charge is -2.22. The molecule has 2 aromatic carbocycles. The minimum atomic E-state index is -4.53. The van der Waals surface area contributed by atoms with E-state index < -0.39 is 35.5 Å². The maximum atomic E-state index is 12.7. The van der Waals surface area contributed by atoms with Crippen LogP contribution in [0.2, 0.25) is 0 Å². The van der Waals surface area contributed by atoms with Crippen molar-refractivity contribution in [1.82, 2.24) is 0 Å². The largest absolute Gasteiger partial charge is 0.481 e. The summed E-state index contributed by atoms with van der Waals surface area (Å²) in [5.74, 6) is -6.04. The molecule has 0 bridgehead atoms. The van der Waals surface area contributed by atoms with Crippen LogP contribution in [-0.4, -0.2) is 22.2 Å². The molecule has 0 aliphatic heterocycles. The Bertz CT molecular complexity index is 710. The number of hydrogen-bond donors (Lipinski definition) is 2. The Hall–Kier alpha value is -2.83. The van der Waals surface area contributed by atoms with Gasteiger partial charge < -0.3 is 10.2 Å². The lowest BCUT2D eigenvalue weighted by molar-refractivity contribution is -0.155. The van der Waals surface area contributed by atoms with Crippen LogP contribution in [0, 0.1) is 5.92 Å². The fraction of sp³-hybridized carbons (Fsp3) is 0.176. The van der Waals surface area contributed by atoms with Gasteiger partial charge in [-0.15, -0.1) is 0 Å². The van der Waals surface area contributed by atoms with Gasteiger partial charge in [0.1, 0.15) is 0 Å². The Labute approximate surface area is 135 Å². The normalized spacial score (nSPS) is 12.8. The van der Waals surface area contributed by atoms with Gasteiger partial charge >= 0.3 is 18.1 Å². The van der Waals surface area contributed by atoms with E-state index in [4.69, 9.17) is 0 Å². The van der Waals surface area contributed by atoms with Crippen LogP contribution < -0.4 is 0 Å². The molecule has 0 amide bonds. The van der Waals surface area contributed by atoms with Crippen LogP contribution in [-0.2, 0) is 15.8 Å². The minimum absolute atomic E-state index is 0.184. The van der Waals surface area contributed by atoms with Gasteiger partial charge in [0.25, 0.3) is 0 Å². The summed E-state index contributed by atoms with van der Waals surface area (Å²) < 4.78 is 38.0. The highest BCUT2D eigenvalue weighted by molar-refractivity contribution is 5.94. The average Bonchev–Trinajstić information content (AvgIpc) is 2.52. The number of aliphatic carboxylic acids is 2. The Morgan fingerprint density at radius 2 is 1.25 bits per heavy atom. The van der Waals surface area contributed by atoms with E-state index in [0.717, 1.165) is 24.3 Å². The van der Waals surface area contributed by atoms with E-state index in [1.54, 1.807) is 30.3 Å². The molecule has 0 aromatic heterocycles. The molecule has 4 nitrogen and oxygen atoms in total. The van der Waals surface area contributed by atoms with Crippen molar-refractivity contribution >= 4 is 11.9 Å². The number of carboxylic acids is 2. The van der Waals surface area contributed by atoms with E-state index in [-0.39, 0.29) is 5.56 Å². The minimum Gasteiger partial charge on any atom is -0.481 e. The standard InChI is InChI=1S/C17H13F3O4/c18-17(19,20)12-8-6-11(7-9-12)13(10-4-2-1-3-5-10)14(15(21)22)16(23)24/h1-9,13-14H,(H,21,22)(H,23,24)/t13-/m1/s1. The number of rotatable bonds is 5. The summed E-state index contributed by atoms with van der Waals surface area (Å²) in [5.41, 5.74) is -0.309. The summed E-state index contributed by atoms with van der Waals surface area (Å²) in [4.78, 5) is 22.8. The number of alkyl halides is 3. The summed E-state index contributed by atoms with van der Waals surface area (Å²) in [6.07, 6.45) is -4.53. The second-order valence-corrected chi connectivity index (χ2v) is 5.16. The molecule has 24 heavy (non-hydrogen) atoms. The second-order valence-electron chi connectivity index (χ2n) is 5.16. The molecule has 0 spiro atoms. The molecule has 0 radical (unpaired) electrons. The van der Waals surface area contributed by atoms with Gasteiger partial charge in [0.15, 0.2) is 5.92 Å². The van der Waals surface area contributed by atoms with Crippen LogP contribution in [0.3, 0.4) is 0 Å². The van der Waals surface area contributed by atoms with Crippen molar-refractivity contribution in [3.63, 3.8) is 0 Å². The van der Waals surface area contributed by atoms with E-state index in [1.807, 2.05) is 0 Å². The zero-order valence-corrected chi connectivity index (χ0v) is 12.2. The number of carboxylic acid groups (broad SMARTS) is 2. The van der Waals surface area contributed by atoms with E-state index in [1.165, 1.54) is 0 Å². The third-order valence-electron chi connectivity index (χ3n) is 3.62. The average molecular weight is 338 g/mol. The molecular formula is C17H13F3O4. The number of hydrogen-bond acceptors (Lipinski definition) is 2. The van der Waals surface area contributed by atoms with E-state index in [9.17, 15) is 33.0 Å². The molecule has 2 rings (SSSR count). The van der Waals surface area contributed by atoms with Gasteiger partial charge in [-0.2, -0.15) is 13.2 Å². The predicted octanol–water partition coefficient (Wildman–Crippen LogP) is 3.62. The fourth-order valence-electron chi connectivity index (χ4n) is 2.51. The van der Waals surface area contributed by atoms with Crippen LogP contribution in [0.4, 0.5) is 13.2 Å². The molecule has 0 fully saturated rings. The zero-order valence-electron chi connectivity index (χ0n) is 12.2. The summed E-state index contributed by atoms with van der Waals surface area (Å²) in [6.45, 7) is 0. The van der Waals surface area contributed by atoms with Crippen molar-refractivity contribution in [2.24, 2.45) is 5.92 Å². The molecule has 2 aromatic rings. The molecule has 2 N–H and O–H groups in total. The van der Waals surface area contributed by atoms with E-state index in [2.05, 4.69) is 0 Å². The number of halogens is 3. The topological polar surface area (TPSA) is 74.6 Å². The van der Waals surface area contributed by atoms with Crippen molar-refractivity contribution in [3.8, 4) is 0 Å².